The highest BCUT2D eigenvalue weighted by molar-refractivity contribution is 5.80. The molecule has 1 aliphatic carbocycles. The van der Waals surface area contributed by atoms with E-state index in [9.17, 15) is 4.79 Å². The molecule has 0 spiro atoms. The second-order valence-corrected chi connectivity index (χ2v) is 3.35. The summed E-state index contributed by atoms with van der Waals surface area (Å²) in [6.45, 7) is 1.43. The summed E-state index contributed by atoms with van der Waals surface area (Å²) in [6, 6.07) is 0.0436. The lowest BCUT2D eigenvalue weighted by Crippen LogP contribution is -2.39. The van der Waals surface area contributed by atoms with Gasteiger partial charge in [0.25, 0.3) is 0 Å². The fraction of sp³-hybridized carbons (Fsp3) is 0.875. The van der Waals surface area contributed by atoms with Gasteiger partial charge in [-0.2, -0.15) is 0 Å². The van der Waals surface area contributed by atoms with Gasteiger partial charge in [0.05, 0.1) is 6.10 Å². The lowest BCUT2D eigenvalue weighted by Gasteiger charge is -2.13. The first-order chi connectivity index (χ1) is 5.59. The van der Waals surface area contributed by atoms with Crippen molar-refractivity contribution in [2.45, 2.75) is 44.4 Å². The molecule has 70 valence electrons. The van der Waals surface area contributed by atoms with Gasteiger partial charge in [-0.15, -0.1) is 0 Å². The van der Waals surface area contributed by atoms with E-state index in [1.807, 2.05) is 0 Å². The molecule has 3 atom stereocenters. The Balaban J connectivity index is 2.28. The Bertz CT molecular complexity index is 170. The Morgan fingerprint density at radius 3 is 2.67 bits per heavy atom. The van der Waals surface area contributed by atoms with Crippen LogP contribution in [-0.2, 0) is 4.79 Å². The molecule has 1 saturated carbocycles. The largest absolute Gasteiger partial charge is 0.393 e. The molecule has 4 heteroatoms. The van der Waals surface area contributed by atoms with Crippen LogP contribution in [-0.4, -0.2) is 34.4 Å². The van der Waals surface area contributed by atoms with E-state index >= 15 is 0 Å². The van der Waals surface area contributed by atoms with E-state index in [2.05, 4.69) is 5.32 Å². The molecule has 0 heterocycles. The molecule has 3 N–H and O–H groups in total. The minimum absolute atomic E-state index is 0.0436. The van der Waals surface area contributed by atoms with Crippen molar-refractivity contribution in [2.24, 2.45) is 0 Å². The Hall–Kier alpha value is -0.610. The summed E-state index contributed by atoms with van der Waals surface area (Å²) in [5, 5.41) is 20.7. The highest BCUT2D eigenvalue weighted by Gasteiger charge is 2.24. The number of aliphatic hydroxyl groups is 2. The summed E-state index contributed by atoms with van der Waals surface area (Å²) in [4.78, 5) is 11.0. The van der Waals surface area contributed by atoms with Gasteiger partial charge in [0.15, 0.2) is 0 Å². The normalized spacial score (nSPS) is 31.6. The predicted molar refractivity (Wildman–Crippen MR) is 43.5 cm³/mol. The van der Waals surface area contributed by atoms with Crippen LogP contribution in [0, 0.1) is 0 Å². The van der Waals surface area contributed by atoms with E-state index in [1.54, 1.807) is 0 Å². The van der Waals surface area contributed by atoms with Crippen LogP contribution in [0.5, 0.6) is 0 Å². The quantitative estimate of drug-likeness (QED) is 0.522. The van der Waals surface area contributed by atoms with E-state index in [0.717, 1.165) is 12.8 Å². The van der Waals surface area contributed by atoms with Crippen LogP contribution in [0.2, 0.25) is 0 Å². The second kappa shape index (κ2) is 3.87. The summed E-state index contributed by atoms with van der Waals surface area (Å²) in [5.74, 6) is -0.353. The smallest absolute Gasteiger partial charge is 0.248 e. The Morgan fingerprint density at radius 2 is 2.25 bits per heavy atom. The Kier molecular flexibility index (Phi) is 3.05. The van der Waals surface area contributed by atoms with E-state index in [0.29, 0.717) is 6.42 Å². The SMILES string of the molecule is CC(O)C(=O)N[C@H]1CC[C@@H](O)C1. The second-order valence-electron chi connectivity index (χ2n) is 3.35. The van der Waals surface area contributed by atoms with Crippen LogP contribution in [0.4, 0.5) is 0 Å². The number of aliphatic hydroxyl groups excluding tert-OH is 2. The summed E-state index contributed by atoms with van der Waals surface area (Å²) in [5.41, 5.74) is 0. The minimum atomic E-state index is -0.956. The molecule has 1 fully saturated rings. The number of carbonyl (C=O) groups excluding carboxylic acids is 1. The van der Waals surface area contributed by atoms with Crippen LogP contribution >= 0.6 is 0 Å². The Labute approximate surface area is 71.6 Å². The van der Waals surface area contributed by atoms with Crippen molar-refractivity contribution in [1.29, 1.82) is 0 Å². The molecule has 12 heavy (non-hydrogen) atoms. The van der Waals surface area contributed by atoms with Gasteiger partial charge in [0.1, 0.15) is 6.10 Å². The van der Waals surface area contributed by atoms with Crippen LogP contribution in [0.25, 0.3) is 0 Å². The fourth-order valence-corrected chi connectivity index (χ4v) is 1.41. The van der Waals surface area contributed by atoms with Crippen molar-refractivity contribution < 1.29 is 15.0 Å². The third-order valence-electron chi connectivity index (χ3n) is 2.13. The first kappa shape index (κ1) is 9.48. The van der Waals surface area contributed by atoms with Crippen LogP contribution in [0.3, 0.4) is 0 Å². The molecule has 0 aromatic carbocycles. The molecule has 0 aromatic heterocycles. The zero-order valence-corrected chi connectivity index (χ0v) is 7.16. The monoisotopic (exact) mass is 173 g/mol. The molecule has 0 radical (unpaired) electrons. The van der Waals surface area contributed by atoms with Gasteiger partial charge in [0, 0.05) is 6.04 Å². The van der Waals surface area contributed by atoms with Crippen LogP contribution < -0.4 is 5.32 Å². The van der Waals surface area contributed by atoms with Crippen molar-refractivity contribution in [1.82, 2.24) is 5.32 Å². The van der Waals surface area contributed by atoms with Crippen molar-refractivity contribution in [3.63, 3.8) is 0 Å². The number of amides is 1. The number of carbonyl (C=O) groups is 1. The van der Waals surface area contributed by atoms with Crippen molar-refractivity contribution >= 4 is 5.91 Å². The highest BCUT2D eigenvalue weighted by atomic mass is 16.3. The van der Waals surface area contributed by atoms with Crippen LogP contribution in [0.15, 0.2) is 0 Å². The van der Waals surface area contributed by atoms with E-state index in [1.165, 1.54) is 6.92 Å². The van der Waals surface area contributed by atoms with Crippen LogP contribution in [0.1, 0.15) is 26.2 Å². The lowest BCUT2D eigenvalue weighted by molar-refractivity contribution is -0.129. The standard InChI is InChI=1S/C8H15NO3/c1-5(10)8(12)9-6-2-3-7(11)4-6/h5-7,10-11H,2-4H2,1H3,(H,9,12)/t5?,6-,7+/m0/s1. The number of hydrogen-bond donors (Lipinski definition) is 3. The number of hydrogen-bond acceptors (Lipinski definition) is 3. The molecule has 0 aromatic rings. The topological polar surface area (TPSA) is 69.6 Å². The highest BCUT2D eigenvalue weighted by Crippen LogP contribution is 2.18. The van der Waals surface area contributed by atoms with Gasteiger partial charge in [-0.1, -0.05) is 0 Å². The maximum Gasteiger partial charge on any atom is 0.248 e. The van der Waals surface area contributed by atoms with Gasteiger partial charge >= 0.3 is 0 Å². The van der Waals surface area contributed by atoms with Crippen molar-refractivity contribution in [3.8, 4) is 0 Å². The average molecular weight is 173 g/mol. The predicted octanol–water partition coefficient (Wildman–Crippen LogP) is -0.603. The van der Waals surface area contributed by atoms with E-state index in [4.69, 9.17) is 10.2 Å². The fourth-order valence-electron chi connectivity index (χ4n) is 1.41. The zero-order chi connectivity index (χ0) is 9.14. The van der Waals surface area contributed by atoms with Crippen molar-refractivity contribution in [3.05, 3.63) is 0 Å². The first-order valence-corrected chi connectivity index (χ1v) is 4.26. The molecular formula is C8H15NO3. The summed E-state index contributed by atoms with van der Waals surface area (Å²) in [6.07, 6.45) is 0.912. The molecule has 0 bridgehead atoms. The van der Waals surface area contributed by atoms with Gasteiger partial charge < -0.3 is 15.5 Å². The first-order valence-electron chi connectivity index (χ1n) is 4.26. The third kappa shape index (κ3) is 2.46. The van der Waals surface area contributed by atoms with E-state index < -0.39 is 6.10 Å². The zero-order valence-electron chi connectivity index (χ0n) is 7.16. The maximum atomic E-state index is 11.0. The summed E-state index contributed by atoms with van der Waals surface area (Å²) >= 11 is 0. The molecule has 1 rings (SSSR count). The van der Waals surface area contributed by atoms with Gasteiger partial charge in [0.2, 0.25) is 5.91 Å². The molecule has 0 saturated heterocycles. The minimum Gasteiger partial charge on any atom is -0.393 e. The molecule has 1 unspecified atom stereocenters. The van der Waals surface area contributed by atoms with Gasteiger partial charge in [-0.25, -0.2) is 0 Å². The molecule has 4 nitrogen and oxygen atoms in total. The maximum absolute atomic E-state index is 11.0. The molecular weight excluding hydrogens is 158 g/mol. The van der Waals surface area contributed by atoms with Crippen molar-refractivity contribution in [2.75, 3.05) is 0 Å². The molecule has 1 aliphatic rings. The summed E-state index contributed by atoms with van der Waals surface area (Å²) < 4.78 is 0. The third-order valence-corrected chi connectivity index (χ3v) is 2.13. The number of rotatable bonds is 2. The average Bonchev–Trinajstić information content (AvgIpc) is 2.35. The van der Waals surface area contributed by atoms with Gasteiger partial charge in [-0.3, -0.25) is 4.79 Å². The molecule has 1 amide bonds. The lowest BCUT2D eigenvalue weighted by atomic mass is 10.2. The van der Waals surface area contributed by atoms with Gasteiger partial charge in [-0.05, 0) is 26.2 Å². The number of nitrogens with one attached hydrogen (secondary N) is 1. The van der Waals surface area contributed by atoms with E-state index in [-0.39, 0.29) is 18.1 Å². The Morgan fingerprint density at radius 1 is 1.58 bits per heavy atom. The molecule has 0 aliphatic heterocycles. The summed E-state index contributed by atoms with van der Waals surface area (Å²) in [7, 11) is 0.